The first-order valence-corrected chi connectivity index (χ1v) is 6.03. The molecule has 18 heavy (non-hydrogen) atoms. The van der Waals surface area contributed by atoms with Gasteiger partial charge in [0.2, 0.25) is 0 Å². The van der Waals surface area contributed by atoms with Crippen LogP contribution in [0.2, 0.25) is 0 Å². The van der Waals surface area contributed by atoms with Gasteiger partial charge in [0.05, 0.1) is 12.0 Å². The summed E-state index contributed by atoms with van der Waals surface area (Å²) in [5.74, 6) is -0.0710. The van der Waals surface area contributed by atoms with Crippen LogP contribution in [0.3, 0.4) is 0 Å². The zero-order valence-corrected chi connectivity index (χ0v) is 10.5. The van der Waals surface area contributed by atoms with Gasteiger partial charge in [-0.1, -0.05) is 13.3 Å². The molecule has 100 valence electrons. The fraction of sp³-hybridized carbons (Fsp3) is 0.545. The van der Waals surface area contributed by atoms with Gasteiger partial charge in [-0.15, -0.1) is 0 Å². The molecule has 7 nitrogen and oxygen atoms in total. The number of primary amides is 1. The predicted molar refractivity (Wildman–Crippen MR) is 69.4 cm³/mol. The minimum absolute atomic E-state index is 0.0710. The summed E-state index contributed by atoms with van der Waals surface area (Å²) in [7, 11) is 0. The van der Waals surface area contributed by atoms with Crippen LogP contribution >= 0.6 is 0 Å². The van der Waals surface area contributed by atoms with E-state index in [0.29, 0.717) is 6.54 Å². The number of carbonyl (C=O) groups is 1. The number of rotatable bonds is 6. The normalized spacial score (nSPS) is 10.1. The molecule has 0 atom stereocenters. The molecule has 0 aliphatic heterocycles. The number of hydrogen-bond donors (Lipinski definition) is 5. The molecular weight excluding hydrogens is 232 g/mol. The molecule has 0 aromatic carbocycles. The molecular formula is C11H20N6O. The Morgan fingerprint density at radius 1 is 1.56 bits per heavy atom. The van der Waals surface area contributed by atoms with E-state index in [9.17, 15) is 4.79 Å². The molecule has 7 heteroatoms. The van der Waals surface area contributed by atoms with Crippen LogP contribution in [0.25, 0.3) is 0 Å². The van der Waals surface area contributed by atoms with Gasteiger partial charge in [-0.3, -0.25) is 10.7 Å². The first kappa shape index (κ1) is 14.0. The maximum atomic E-state index is 10.5. The van der Waals surface area contributed by atoms with Crippen molar-refractivity contribution in [3.05, 3.63) is 17.7 Å². The average Bonchev–Trinajstić information content (AvgIpc) is 2.72. The van der Waals surface area contributed by atoms with Gasteiger partial charge in [0.25, 0.3) is 0 Å². The predicted octanol–water partition coefficient (Wildman–Crippen LogP) is 0.487. The summed E-state index contributed by atoms with van der Waals surface area (Å²) in [6.45, 7) is 2.72. The number of nitrogens with two attached hydrogens (primary N) is 1. The van der Waals surface area contributed by atoms with Crippen molar-refractivity contribution in [2.45, 2.75) is 32.6 Å². The first-order valence-electron chi connectivity index (χ1n) is 6.03. The van der Waals surface area contributed by atoms with Crippen LogP contribution in [0.1, 0.15) is 31.2 Å². The molecule has 1 rings (SSSR count). The lowest BCUT2D eigenvalue weighted by Crippen LogP contribution is -2.43. The van der Waals surface area contributed by atoms with Gasteiger partial charge >= 0.3 is 6.03 Å². The van der Waals surface area contributed by atoms with Crippen LogP contribution in [0, 0.1) is 5.41 Å². The number of aromatic nitrogens is 2. The molecule has 0 radical (unpaired) electrons. The smallest absolute Gasteiger partial charge is 0.318 e. The third-order valence-electron chi connectivity index (χ3n) is 2.45. The fourth-order valence-electron chi connectivity index (χ4n) is 1.67. The Bertz CT molecular complexity index is 400. The van der Waals surface area contributed by atoms with E-state index >= 15 is 0 Å². The molecule has 1 aromatic rings. The summed E-state index contributed by atoms with van der Waals surface area (Å²) in [6, 6.07) is -0.731. The number of H-pyrrole nitrogens is 1. The van der Waals surface area contributed by atoms with E-state index in [1.165, 1.54) is 5.69 Å². The van der Waals surface area contributed by atoms with Crippen molar-refractivity contribution in [1.29, 1.82) is 5.41 Å². The third-order valence-corrected chi connectivity index (χ3v) is 2.45. The third kappa shape index (κ3) is 4.86. The first-order chi connectivity index (χ1) is 8.63. The van der Waals surface area contributed by atoms with E-state index in [1.807, 2.05) is 0 Å². The lowest BCUT2D eigenvalue weighted by atomic mass is 10.1. The topological polar surface area (TPSA) is 120 Å². The number of nitrogens with zero attached hydrogens (tertiary/aromatic N) is 1. The largest absolute Gasteiger partial charge is 0.356 e. The summed E-state index contributed by atoms with van der Waals surface area (Å²) >= 11 is 0. The highest BCUT2D eigenvalue weighted by Gasteiger charge is 2.04. The van der Waals surface area contributed by atoms with Gasteiger partial charge in [-0.05, 0) is 19.3 Å². The number of hydrogen-bond acceptors (Lipinski definition) is 3. The molecule has 1 heterocycles. The van der Waals surface area contributed by atoms with Gasteiger partial charge in [-0.2, -0.15) is 0 Å². The van der Waals surface area contributed by atoms with E-state index < -0.39 is 6.03 Å². The lowest BCUT2D eigenvalue weighted by molar-refractivity contribution is 0.253. The molecule has 0 bridgehead atoms. The van der Waals surface area contributed by atoms with Crippen molar-refractivity contribution in [3.8, 4) is 0 Å². The Kier molecular flexibility index (Phi) is 5.69. The number of urea groups is 1. The Morgan fingerprint density at radius 3 is 3.00 bits per heavy atom. The number of nitrogens with one attached hydrogen (secondary N) is 4. The molecule has 0 saturated heterocycles. The molecule has 0 spiro atoms. The highest BCUT2D eigenvalue weighted by molar-refractivity contribution is 5.93. The van der Waals surface area contributed by atoms with Crippen LogP contribution in [0.5, 0.6) is 0 Å². The quantitative estimate of drug-likeness (QED) is 0.288. The van der Waals surface area contributed by atoms with E-state index in [1.54, 1.807) is 6.33 Å². The van der Waals surface area contributed by atoms with Crippen LogP contribution in [0.15, 0.2) is 6.33 Å². The van der Waals surface area contributed by atoms with Gasteiger partial charge in [0.1, 0.15) is 0 Å². The van der Waals surface area contributed by atoms with Gasteiger partial charge in [0.15, 0.2) is 5.96 Å². The molecule has 0 saturated carbocycles. The van der Waals surface area contributed by atoms with E-state index in [0.717, 1.165) is 31.4 Å². The van der Waals surface area contributed by atoms with Gasteiger partial charge in [0, 0.05) is 12.2 Å². The second-order valence-corrected chi connectivity index (χ2v) is 3.97. The number of amides is 2. The zero-order chi connectivity index (χ0) is 13.4. The molecule has 1 aromatic heterocycles. The second kappa shape index (κ2) is 7.31. The highest BCUT2D eigenvalue weighted by atomic mass is 16.2. The van der Waals surface area contributed by atoms with E-state index in [4.69, 9.17) is 11.1 Å². The zero-order valence-electron chi connectivity index (χ0n) is 10.5. The highest BCUT2D eigenvalue weighted by Crippen LogP contribution is 2.07. The minimum atomic E-state index is -0.731. The summed E-state index contributed by atoms with van der Waals surface area (Å²) in [5.41, 5.74) is 7.14. The van der Waals surface area contributed by atoms with Crippen molar-refractivity contribution in [1.82, 2.24) is 20.6 Å². The van der Waals surface area contributed by atoms with Crippen LogP contribution in [-0.4, -0.2) is 28.5 Å². The van der Waals surface area contributed by atoms with Crippen LogP contribution in [-0.2, 0) is 12.8 Å². The number of aryl methyl sites for hydroxylation is 2. The maximum absolute atomic E-state index is 10.5. The minimum Gasteiger partial charge on any atom is -0.356 e. The fourth-order valence-corrected chi connectivity index (χ4v) is 1.67. The Labute approximate surface area is 106 Å². The van der Waals surface area contributed by atoms with Crippen molar-refractivity contribution >= 4 is 12.0 Å². The van der Waals surface area contributed by atoms with Crippen LogP contribution < -0.4 is 16.4 Å². The van der Waals surface area contributed by atoms with Crippen molar-refractivity contribution in [3.63, 3.8) is 0 Å². The van der Waals surface area contributed by atoms with Crippen molar-refractivity contribution in [2.24, 2.45) is 5.73 Å². The second-order valence-electron chi connectivity index (χ2n) is 3.97. The molecule has 6 N–H and O–H groups in total. The molecule has 0 fully saturated rings. The summed E-state index contributed by atoms with van der Waals surface area (Å²) in [4.78, 5) is 17.9. The van der Waals surface area contributed by atoms with E-state index in [2.05, 4.69) is 27.5 Å². The number of aromatic amines is 1. The average molecular weight is 252 g/mol. The summed E-state index contributed by atoms with van der Waals surface area (Å²) in [5, 5.41) is 12.3. The maximum Gasteiger partial charge on any atom is 0.318 e. The van der Waals surface area contributed by atoms with Crippen molar-refractivity contribution < 1.29 is 4.79 Å². The standard InChI is InChI=1S/C11H20N6O/c1-2-4-8-9(16-7-15-8)5-3-6-14-10(12)17-11(13)18/h7H,2-6H2,1H3,(H,15,16)(H5,12,13,14,17,18). The number of guanidine groups is 1. The van der Waals surface area contributed by atoms with Crippen LogP contribution in [0.4, 0.5) is 4.79 Å². The van der Waals surface area contributed by atoms with E-state index in [-0.39, 0.29) is 5.96 Å². The number of imidazole rings is 1. The van der Waals surface area contributed by atoms with Gasteiger partial charge in [-0.25, -0.2) is 9.78 Å². The summed E-state index contributed by atoms with van der Waals surface area (Å²) in [6.07, 6.45) is 5.48. The monoisotopic (exact) mass is 252 g/mol. The van der Waals surface area contributed by atoms with Gasteiger partial charge < -0.3 is 16.0 Å². The number of carbonyl (C=O) groups excluding carboxylic acids is 1. The summed E-state index contributed by atoms with van der Waals surface area (Å²) < 4.78 is 0. The Hall–Kier alpha value is -2.05. The Morgan fingerprint density at radius 2 is 2.33 bits per heavy atom. The molecule has 0 aliphatic rings. The Balaban J connectivity index is 2.23. The SMILES string of the molecule is CCCc1[nH]cnc1CCCNC(=N)NC(N)=O. The lowest BCUT2D eigenvalue weighted by Gasteiger charge is -2.07. The molecule has 0 aliphatic carbocycles. The van der Waals surface area contributed by atoms with Crippen molar-refractivity contribution in [2.75, 3.05) is 6.54 Å². The molecule has 2 amide bonds. The molecule has 0 unspecified atom stereocenters.